The van der Waals surface area contributed by atoms with E-state index in [1.807, 2.05) is 0 Å². The number of carbonyl (C=O) groups excluding carboxylic acids is 1. The fraction of sp³-hybridized carbons (Fsp3) is 0.238. The van der Waals surface area contributed by atoms with Gasteiger partial charge < -0.3 is 15.0 Å². The predicted octanol–water partition coefficient (Wildman–Crippen LogP) is 4.53. The molecule has 34 heavy (non-hydrogen) atoms. The van der Waals surface area contributed by atoms with Gasteiger partial charge in [-0.2, -0.15) is 18.2 Å². The van der Waals surface area contributed by atoms with Gasteiger partial charge in [0.25, 0.3) is 5.95 Å². The molecule has 0 bridgehead atoms. The first-order valence-corrected chi connectivity index (χ1v) is 10.0. The van der Waals surface area contributed by atoms with Crippen molar-refractivity contribution in [3.8, 4) is 0 Å². The van der Waals surface area contributed by atoms with E-state index in [1.165, 1.54) is 30.5 Å². The van der Waals surface area contributed by atoms with Crippen LogP contribution in [0.25, 0.3) is 0 Å². The number of alkyl halides is 3. The SMILES string of the molecule is O=C(/N=N/c1ncc(F)c(N2CCOCC2)n1)c1ccc(Nc2cccc(C(F)(F)F)c2)cn1. The lowest BCUT2D eigenvalue weighted by molar-refractivity contribution is -0.137. The van der Waals surface area contributed by atoms with E-state index in [2.05, 4.69) is 30.5 Å². The number of morpholine rings is 1. The first-order valence-electron chi connectivity index (χ1n) is 10.0. The van der Waals surface area contributed by atoms with Crippen LogP contribution < -0.4 is 10.2 Å². The van der Waals surface area contributed by atoms with E-state index >= 15 is 0 Å². The fourth-order valence-corrected chi connectivity index (χ4v) is 3.07. The van der Waals surface area contributed by atoms with Crippen molar-refractivity contribution in [2.24, 2.45) is 10.2 Å². The summed E-state index contributed by atoms with van der Waals surface area (Å²) in [5, 5.41) is 9.98. The van der Waals surface area contributed by atoms with Crippen LogP contribution in [0.5, 0.6) is 0 Å². The molecule has 2 aromatic heterocycles. The van der Waals surface area contributed by atoms with Gasteiger partial charge in [-0.1, -0.05) is 6.07 Å². The highest BCUT2D eigenvalue weighted by atomic mass is 19.4. The van der Waals surface area contributed by atoms with Crippen molar-refractivity contribution in [3.05, 3.63) is 65.9 Å². The number of pyridine rings is 1. The Kier molecular flexibility index (Phi) is 6.72. The number of nitrogens with zero attached hydrogens (tertiary/aromatic N) is 6. The lowest BCUT2D eigenvalue weighted by atomic mass is 10.2. The van der Waals surface area contributed by atoms with Gasteiger partial charge in [-0.15, -0.1) is 10.2 Å². The summed E-state index contributed by atoms with van der Waals surface area (Å²) in [6.45, 7) is 1.77. The second-order valence-corrected chi connectivity index (χ2v) is 7.08. The van der Waals surface area contributed by atoms with Gasteiger partial charge in [0.1, 0.15) is 5.69 Å². The molecule has 0 radical (unpaired) electrons. The topological polar surface area (TPSA) is 105 Å². The molecule has 13 heteroatoms. The molecule has 1 fully saturated rings. The van der Waals surface area contributed by atoms with Crippen LogP contribution in [-0.2, 0) is 10.9 Å². The summed E-state index contributed by atoms with van der Waals surface area (Å²) in [4.78, 5) is 25.6. The first-order chi connectivity index (χ1) is 16.3. The number of aromatic nitrogens is 3. The molecule has 0 spiro atoms. The normalized spacial score (nSPS) is 14.4. The summed E-state index contributed by atoms with van der Waals surface area (Å²) in [5.74, 6) is -1.58. The zero-order chi connectivity index (χ0) is 24.1. The highest BCUT2D eigenvalue weighted by molar-refractivity contribution is 5.92. The van der Waals surface area contributed by atoms with Gasteiger partial charge in [0.05, 0.1) is 36.9 Å². The largest absolute Gasteiger partial charge is 0.416 e. The van der Waals surface area contributed by atoms with Crippen LogP contribution in [0.4, 0.5) is 40.7 Å². The number of anilines is 3. The zero-order valence-corrected chi connectivity index (χ0v) is 17.5. The number of hydrogen-bond donors (Lipinski definition) is 1. The van der Waals surface area contributed by atoms with Gasteiger partial charge in [-0.05, 0) is 30.3 Å². The van der Waals surface area contributed by atoms with E-state index in [0.717, 1.165) is 18.3 Å². The molecule has 0 atom stereocenters. The molecule has 0 unspecified atom stereocenters. The quantitative estimate of drug-likeness (QED) is 0.427. The molecule has 1 aliphatic heterocycles. The number of halogens is 4. The first kappa shape index (κ1) is 23.2. The molecule has 0 saturated carbocycles. The minimum Gasteiger partial charge on any atom is -0.378 e. The fourth-order valence-electron chi connectivity index (χ4n) is 3.07. The summed E-state index contributed by atoms with van der Waals surface area (Å²) in [5.41, 5.74) is -0.281. The number of hydrogen-bond acceptors (Lipinski definition) is 8. The standard InChI is InChI=1S/C21H17F4N7O2/c22-16-12-27-20(29-18(16)32-6-8-34-9-7-32)31-30-19(33)17-5-4-15(11-26-17)28-14-3-1-2-13(10-14)21(23,24)25/h1-5,10-12,28H,6-9H2/b31-30+. The Morgan fingerprint density at radius 3 is 2.56 bits per heavy atom. The Morgan fingerprint density at radius 2 is 1.85 bits per heavy atom. The lowest BCUT2D eigenvalue weighted by Gasteiger charge is -2.27. The minimum atomic E-state index is -4.46. The van der Waals surface area contributed by atoms with Crippen molar-refractivity contribution in [1.82, 2.24) is 15.0 Å². The number of benzene rings is 1. The summed E-state index contributed by atoms with van der Waals surface area (Å²) >= 11 is 0. The monoisotopic (exact) mass is 475 g/mol. The van der Waals surface area contributed by atoms with E-state index in [9.17, 15) is 22.4 Å². The molecule has 1 saturated heterocycles. The van der Waals surface area contributed by atoms with E-state index in [0.29, 0.717) is 32.0 Å². The second kappa shape index (κ2) is 9.87. The van der Waals surface area contributed by atoms with Gasteiger partial charge in [-0.25, -0.2) is 14.4 Å². The van der Waals surface area contributed by atoms with E-state index in [1.54, 1.807) is 4.90 Å². The van der Waals surface area contributed by atoms with Crippen LogP contribution >= 0.6 is 0 Å². The summed E-state index contributed by atoms with van der Waals surface area (Å²) in [7, 11) is 0. The van der Waals surface area contributed by atoms with Gasteiger partial charge in [0, 0.05) is 18.8 Å². The van der Waals surface area contributed by atoms with E-state index in [-0.39, 0.29) is 23.1 Å². The molecular formula is C21H17F4N7O2. The molecule has 1 aromatic carbocycles. The van der Waals surface area contributed by atoms with Crippen molar-refractivity contribution < 1.29 is 27.1 Å². The Morgan fingerprint density at radius 1 is 1.06 bits per heavy atom. The number of rotatable bonds is 5. The van der Waals surface area contributed by atoms with Crippen LogP contribution in [0.3, 0.4) is 0 Å². The third kappa shape index (κ3) is 5.67. The molecular weight excluding hydrogens is 458 g/mol. The second-order valence-electron chi connectivity index (χ2n) is 7.08. The molecule has 1 aliphatic rings. The zero-order valence-electron chi connectivity index (χ0n) is 17.5. The average Bonchev–Trinajstić information content (AvgIpc) is 2.84. The van der Waals surface area contributed by atoms with Crippen LogP contribution in [0.1, 0.15) is 16.1 Å². The molecule has 0 aliphatic carbocycles. The molecule has 1 amide bonds. The number of carbonyl (C=O) groups is 1. The molecule has 3 aromatic rings. The Labute approximate surface area is 190 Å². The Bertz CT molecular complexity index is 1200. The van der Waals surface area contributed by atoms with Crippen LogP contribution in [0, 0.1) is 5.82 Å². The maximum absolute atomic E-state index is 14.1. The molecule has 1 N–H and O–H groups in total. The van der Waals surface area contributed by atoms with Gasteiger partial charge in [-0.3, -0.25) is 4.79 Å². The third-order valence-corrected chi connectivity index (χ3v) is 4.71. The lowest BCUT2D eigenvalue weighted by Crippen LogP contribution is -2.37. The minimum absolute atomic E-state index is 0.0443. The smallest absolute Gasteiger partial charge is 0.378 e. The highest BCUT2D eigenvalue weighted by Crippen LogP contribution is 2.31. The van der Waals surface area contributed by atoms with Gasteiger partial charge >= 0.3 is 12.1 Å². The van der Waals surface area contributed by atoms with E-state index < -0.39 is 23.5 Å². The third-order valence-electron chi connectivity index (χ3n) is 4.71. The van der Waals surface area contributed by atoms with Crippen molar-refractivity contribution in [3.63, 3.8) is 0 Å². The van der Waals surface area contributed by atoms with Crippen molar-refractivity contribution >= 4 is 29.0 Å². The number of ether oxygens (including phenoxy) is 1. The molecule has 176 valence electrons. The number of azo groups is 1. The van der Waals surface area contributed by atoms with Crippen LogP contribution in [0.2, 0.25) is 0 Å². The van der Waals surface area contributed by atoms with Crippen LogP contribution in [0.15, 0.2) is 59.0 Å². The Hall–Kier alpha value is -4.00. The van der Waals surface area contributed by atoms with Gasteiger partial charge in [0.2, 0.25) is 0 Å². The maximum Gasteiger partial charge on any atom is 0.416 e. The predicted molar refractivity (Wildman–Crippen MR) is 113 cm³/mol. The van der Waals surface area contributed by atoms with Crippen LogP contribution in [-0.4, -0.2) is 47.2 Å². The van der Waals surface area contributed by atoms with E-state index in [4.69, 9.17) is 4.74 Å². The van der Waals surface area contributed by atoms with Gasteiger partial charge in [0.15, 0.2) is 11.6 Å². The highest BCUT2D eigenvalue weighted by Gasteiger charge is 2.30. The molecule has 4 rings (SSSR count). The van der Waals surface area contributed by atoms with Crippen molar-refractivity contribution in [2.45, 2.75) is 6.18 Å². The number of amides is 1. The number of nitrogens with one attached hydrogen (secondary N) is 1. The molecule has 9 nitrogen and oxygen atoms in total. The molecule has 3 heterocycles. The summed E-state index contributed by atoms with van der Waals surface area (Å²) < 4.78 is 57.8. The van der Waals surface area contributed by atoms with Crippen molar-refractivity contribution in [2.75, 3.05) is 36.5 Å². The Balaban J connectivity index is 1.42. The summed E-state index contributed by atoms with van der Waals surface area (Å²) in [6, 6.07) is 7.46. The maximum atomic E-state index is 14.1. The van der Waals surface area contributed by atoms with Crippen molar-refractivity contribution in [1.29, 1.82) is 0 Å². The summed E-state index contributed by atoms with van der Waals surface area (Å²) in [6.07, 6.45) is -2.24. The average molecular weight is 475 g/mol.